The van der Waals surface area contributed by atoms with Crippen LogP contribution in [0.25, 0.3) is 6.08 Å². The molecular weight excluding hydrogens is 270 g/mol. The first kappa shape index (κ1) is 15.0. The minimum Gasteiger partial charge on any atom is -0.466 e. The molecule has 2 aromatic rings. The second kappa shape index (κ2) is 8.04. The molecule has 0 aliphatic heterocycles. The van der Waals surface area contributed by atoms with Gasteiger partial charge in [0.1, 0.15) is 5.76 Å². The maximum atomic E-state index is 11.7. The molecule has 5 heteroatoms. The van der Waals surface area contributed by atoms with Crippen molar-refractivity contribution in [2.75, 3.05) is 13.7 Å². The monoisotopic (exact) mass is 287 g/mol. The number of benzene rings is 1. The SMILES string of the molecule is COC(=O)/C(=C/c1ccco1)CNOCc1ccccc1. The van der Waals surface area contributed by atoms with Crippen LogP contribution >= 0.6 is 0 Å². The van der Waals surface area contributed by atoms with E-state index in [2.05, 4.69) is 5.48 Å². The van der Waals surface area contributed by atoms with E-state index >= 15 is 0 Å². The summed E-state index contributed by atoms with van der Waals surface area (Å²) in [5.41, 5.74) is 4.21. The normalized spacial score (nSPS) is 11.4. The lowest BCUT2D eigenvalue weighted by Gasteiger charge is -2.08. The first-order valence-corrected chi connectivity index (χ1v) is 6.50. The van der Waals surface area contributed by atoms with Crippen molar-refractivity contribution in [3.05, 3.63) is 65.6 Å². The van der Waals surface area contributed by atoms with E-state index in [1.54, 1.807) is 24.5 Å². The molecule has 0 fully saturated rings. The van der Waals surface area contributed by atoms with Crippen molar-refractivity contribution >= 4 is 12.0 Å². The molecule has 5 nitrogen and oxygen atoms in total. The average Bonchev–Trinajstić information content (AvgIpc) is 3.03. The number of furan rings is 1. The van der Waals surface area contributed by atoms with E-state index in [0.29, 0.717) is 17.9 Å². The highest BCUT2D eigenvalue weighted by atomic mass is 16.6. The fourth-order valence-electron chi connectivity index (χ4n) is 1.70. The topological polar surface area (TPSA) is 60.7 Å². The Morgan fingerprint density at radius 3 is 2.71 bits per heavy atom. The zero-order valence-electron chi connectivity index (χ0n) is 11.7. The van der Waals surface area contributed by atoms with Gasteiger partial charge in [0.05, 0.1) is 32.1 Å². The van der Waals surface area contributed by atoms with Crippen molar-refractivity contribution in [3.8, 4) is 0 Å². The molecule has 0 unspecified atom stereocenters. The van der Waals surface area contributed by atoms with E-state index in [1.807, 2.05) is 30.3 Å². The molecule has 0 atom stereocenters. The van der Waals surface area contributed by atoms with Crippen LogP contribution in [0.5, 0.6) is 0 Å². The molecule has 1 aromatic carbocycles. The van der Waals surface area contributed by atoms with Gasteiger partial charge in [-0.2, -0.15) is 5.48 Å². The Bertz CT molecular complexity index is 576. The Labute approximate surface area is 123 Å². The van der Waals surface area contributed by atoms with Crippen molar-refractivity contribution in [3.63, 3.8) is 0 Å². The van der Waals surface area contributed by atoms with Crippen LogP contribution in [0.1, 0.15) is 11.3 Å². The van der Waals surface area contributed by atoms with E-state index in [4.69, 9.17) is 14.0 Å². The Kier molecular flexibility index (Phi) is 5.75. The fourth-order valence-corrected chi connectivity index (χ4v) is 1.70. The fraction of sp³-hybridized carbons (Fsp3) is 0.188. The van der Waals surface area contributed by atoms with Crippen LogP contribution in [-0.4, -0.2) is 19.6 Å². The third-order valence-electron chi connectivity index (χ3n) is 2.75. The molecule has 0 aliphatic carbocycles. The van der Waals surface area contributed by atoms with Gasteiger partial charge in [0.25, 0.3) is 0 Å². The van der Waals surface area contributed by atoms with Gasteiger partial charge in [0.2, 0.25) is 0 Å². The summed E-state index contributed by atoms with van der Waals surface area (Å²) < 4.78 is 9.91. The van der Waals surface area contributed by atoms with Crippen LogP contribution in [0.4, 0.5) is 0 Å². The Morgan fingerprint density at radius 2 is 2.05 bits per heavy atom. The maximum absolute atomic E-state index is 11.7. The zero-order chi connectivity index (χ0) is 14.9. The van der Waals surface area contributed by atoms with Gasteiger partial charge >= 0.3 is 5.97 Å². The minimum absolute atomic E-state index is 0.222. The third kappa shape index (κ3) is 4.91. The van der Waals surface area contributed by atoms with Crippen LogP contribution in [0.2, 0.25) is 0 Å². The molecule has 0 radical (unpaired) electrons. The summed E-state index contributed by atoms with van der Waals surface area (Å²) in [6.45, 7) is 0.635. The molecule has 1 aromatic heterocycles. The Balaban J connectivity index is 1.86. The number of esters is 1. The Morgan fingerprint density at radius 1 is 1.24 bits per heavy atom. The number of ether oxygens (including phenoxy) is 1. The molecule has 0 amide bonds. The van der Waals surface area contributed by atoms with Gasteiger partial charge < -0.3 is 9.15 Å². The van der Waals surface area contributed by atoms with Crippen molar-refractivity contribution in [1.82, 2.24) is 5.48 Å². The van der Waals surface area contributed by atoms with E-state index in [-0.39, 0.29) is 6.54 Å². The first-order chi connectivity index (χ1) is 10.3. The van der Waals surface area contributed by atoms with Gasteiger partial charge in [-0.1, -0.05) is 30.3 Å². The summed E-state index contributed by atoms with van der Waals surface area (Å²) >= 11 is 0. The number of hydrogen-bond donors (Lipinski definition) is 1. The van der Waals surface area contributed by atoms with Crippen LogP contribution < -0.4 is 5.48 Å². The lowest BCUT2D eigenvalue weighted by Crippen LogP contribution is -2.22. The highest BCUT2D eigenvalue weighted by Crippen LogP contribution is 2.08. The zero-order valence-corrected chi connectivity index (χ0v) is 11.7. The van der Waals surface area contributed by atoms with E-state index in [1.165, 1.54) is 7.11 Å². The van der Waals surface area contributed by atoms with Gasteiger partial charge in [0, 0.05) is 0 Å². The van der Waals surface area contributed by atoms with Gasteiger partial charge in [-0.3, -0.25) is 4.84 Å². The van der Waals surface area contributed by atoms with Crippen LogP contribution in [-0.2, 0) is 21.0 Å². The molecule has 110 valence electrons. The number of nitrogens with one attached hydrogen (secondary N) is 1. The predicted molar refractivity (Wildman–Crippen MR) is 77.9 cm³/mol. The summed E-state index contributed by atoms with van der Waals surface area (Å²) in [6.07, 6.45) is 3.16. The lowest BCUT2D eigenvalue weighted by atomic mass is 10.2. The number of carbonyl (C=O) groups excluding carboxylic acids is 1. The third-order valence-corrected chi connectivity index (χ3v) is 2.75. The summed E-state index contributed by atoms with van der Waals surface area (Å²) in [7, 11) is 1.34. The molecular formula is C16H17NO4. The quantitative estimate of drug-likeness (QED) is 0.367. The highest BCUT2D eigenvalue weighted by Gasteiger charge is 2.10. The van der Waals surface area contributed by atoms with Crippen molar-refractivity contribution in [2.45, 2.75) is 6.61 Å². The average molecular weight is 287 g/mol. The summed E-state index contributed by atoms with van der Waals surface area (Å²) in [5, 5.41) is 0. The van der Waals surface area contributed by atoms with E-state index in [9.17, 15) is 4.79 Å². The molecule has 0 spiro atoms. The molecule has 0 bridgehead atoms. The predicted octanol–water partition coefficient (Wildman–Crippen LogP) is 2.56. The van der Waals surface area contributed by atoms with Crippen LogP contribution in [0.3, 0.4) is 0 Å². The van der Waals surface area contributed by atoms with Crippen molar-refractivity contribution < 1.29 is 18.8 Å². The van der Waals surface area contributed by atoms with E-state index in [0.717, 1.165) is 5.56 Å². The number of hydrogen-bond acceptors (Lipinski definition) is 5. The van der Waals surface area contributed by atoms with Gasteiger partial charge in [-0.25, -0.2) is 4.79 Å². The molecule has 1 heterocycles. The van der Waals surface area contributed by atoms with Gasteiger partial charge in [0.15, 0.2) is 0 Å². The second-order valence-corrected chi connectivity index (χ2v) is 4.27. The van der Waals surface area contributed by atoms with Crippen molar-refractivity contribution in [2.24, 2.45) is 0 Å². The van der Waals surface area contributed by atoms with Crippen LogP contribution in [0.15, 0.2) is 58.7 Å². The molecule has 0 aliphatic rings. The van der Waals surface area contributed by atoms with Crippen molar-refractivity contribution in [1.29, 1.82) is 0 Å². The molecule has 1 N–H and O–H groups in total. The number of carbonyl (C=O) groups is 1. The largest absolute Gasteiger partial charge is 0.466 e. The first-order valence-electron chi connectivity index (χ1n) is 6.50. The van der Waals surface area contributed by atoms with Crippen LogP contribution in [0, 0.1) is 0 Å². The molecule has 0 saturated heterocycles. The lowest BCUT2D eigenvalue weighted by molar-refractivity contribution is -0.136. The van der Waals surface area contributed by atoms with E-state index < -0.39 is 5.97 Å². The highest BCUT2D eigenvalue weighted by molar-refractivity contribution is 5.93. The number of methoxy groups -OCH3 is 1. The molecule has 0 saturated carbocycles. The van der Waals surface area contributed by atoms with Gasteiger partial charge in [-0.15, -0.1) is 0 Å². The smallest absolute Gasteiger partial charge is 0.335 e. The summed E-state index contributed by atoms with van der Waals surface area (Å²) in [4.78, 5) is 17.0. The minimum atomic E-state index is -0.429. The standard InChI is InChI=1S/C16H17NO4/c1-19-16(18)14(10-15-8-5-9-20-15)11-17-21-12-13-6-3-2-4-7-13/h2-10,17H,11-12H2,1H3/b14-10+. The Hall–Kier alpha value is -2.37. The second-order valence-electron chi connectivity index (χ2n) is 4.27. The van der Waals surface area contributed by atoms with Gasteiger partial charge in [-0.05, 0) is 23.8 Å². The maximum Gasteiger partial charge on any atom is 0.335 e. The summed E-state index contributed by atoms with van der Waals surface area (Å²) in [5.74, 6) is 0.155. The summed E-state index contributed by atoms with van der Waals surface area (Å²) in [6, 6.07) is 13.3. The molecule has 21 heavy (non-hydrogen) atoms. The number of rotatable bonds is 7. The number of hydroxylamine groups is 1. The molecule has 2 rings (SSSR count).